The van der Waals surface area contributed by atoms with E-state index in [-0.39, 0.29) is 0 Å². The number of nitrogens with zero attached hydrogens (tertiary/aromatic N) is 5. The summed E-state index contributed by atoms with van der Waals surface area (Å²) in [6.07, 6.45) is 5.51. The predicted octanol–water partition coefficient (Wildman–Crippen LogP) is 12.2. The molecule has 10 rings (SSSR count). The SMILES string of the molecule is c1ccc(-c2nc(-c3ccc(-c4ccc(-c5nc(-c6ccccc6)nc(-c6ccccc6)n5)cc4)cc3)cc(-c3cccc(C4CC5CCC4C5)c3)n2)cc1. The van der Waals surface area contributed by atoms with Crippen molar-refractivity contribution in [3.63, 3.8) is 0 Å². The molecule has 2 aromatic heterocycles. The first kappa shape index (κ1) is 33.0. The van der Waals surface area contributed by atoms with Crippen LogP contribution in [0.3, 0.4) is 0 Å². The lowest BCUT2D eigenvalue weighted by Crippen LogP contribution is -2.08. The summed E-state index contributed by atoms with van der Waals surface area (Å²) >= 11 is 0. The van der Waals surface area contributed by atoms with E-state index in [4.69, 9.17) is 24.9 Å². The van der Waals surface area contributed by atoms with Crippen LogP contribution in [0.2, 0.25) is 0 Å². The third-order valence-corrected chi connectivity index (χ3v) is 11.5. The number of fused-ring (bicyclic) bond motifs is 2. The molecule has 0 amide bonds. The van der Waals surface area contributed by atoms with E-state index in [0.29, 0.717) is 23.4 Å². The van der Waals surface area contributed by atoms with Gasteiger partial charge in [-0.05, 0) is 65.8 Å². The molecule has 6 aromatic carbocycles. The van der Waals surface area contributed by atoms with E-state index in [1.165, 1.54) is 31.2 Å². The first-order valence-electron chi connectivity index (χ1n) is 19.3. The first-order valence-corrected chi connectivity index (χ1v) is 19.3. The minimum atomic E-state index is 0.643. The van der Waals surface area contributed by atoms with Gasteiger partial charge in [-0.2, -0.15) is 0 Å². The van der Waals surface area contributed by atoms with Gasteiger partial charge in [0, 0.05) is 33.4 Å². The topological polar surface area (TPSA) is 64.5 Å². The van der Waals surface area contributed by atoms with Gasteiger partial charge >= 0.3 is 0 Å². The van der Waals surface area contributed by atoms with Gasteiger partial charge in [0.15, 0.2) is 23.3 Å². The smallest absolute Gasteiger partial charge is 0.164 e. The van der Waals surface area contributed by atoms with Crippen LogP contribution in [-0.4, -0.2) is 24.9 Å². The highest BCUT2D eigenvalue weighted by molar-refractivity contribution is 5.75. The molecule has 2 bridgehead atoms. The monoisotopic (exact) mass is 709 g/mol. The molecule has 2 heterocycles. The lowest BCUT2D eigenvalue weighted by atomic mass is 9.83. The highest BCUT2D eigenvalue weighted by atomic mass is 15.0. The second-order valence-corrected chi connectivity index (χ2v) is 14.9. The van der Waals surface area contributed by atoms with Crippen LogP contribution in [0.1, 0.15) is 37.2 Å². The first-order chi connectivity index (χ1) is 27.2. The lowest BCUT2D eigenvalue weighted by Gasteiger charge is -2.22. The number of hydrogen-bond acceptors (Lipinski definition) is 5. The van der Waals surface area contributed by atoms with E-state index in [2.05, 4.69) is 91.0 Å². The van der Waals surface area contributed by atoms with Crippen LogP contribution in [0.25, 0.3) is 79.2 Å². The molecular formula is C50H39N5. The Balaban J connectivity index is 0.959. The van der Waals surface area contributed by atoms with Crippen molar-refractivity contribution in [3.05, 3.63) is 175 Å². The molecule has 264 valence electrons. The summed E-state index contributed by atoms with van der Waals surface area (Å²) < 4.78 is 0. The third-order valence-electron chi connectivity index (χ3n) is 11.5. The molecule has 2 saturated carbocycles. The number of hydrogen-bond donors (Lipinski definition) is 0. The molecule has 3 unspecified atom stereocenters. The standard InChI is InChI=1S/C50H39N5/c1-4-11-37(12-5-1)47-51-45(32-46(52-47)43-18-10-17-41(31-43)44-30-33-19-20-42(44)29-33)36-25-21-34(22-26-36)35-23-27-40(28-24-35)50-54-48(38-13-6-2-7-14-38)53-49(55-50)39-15-8-3-9-16-39/h1-18,21-28,31-33,42,44H,19-20,29-30H2. The zero-order chi connectivity index (χ0) is 36.6. The molecule has 2 aliphatic carbocycles. The maximum atomic E-state index is 5.13. The van der Waals surface area contributed by atoms with Gasteiger partial charge in [0.1, 0.15) is 0 Å². The van der Waals surface area contributed by atoms with Crippen LogP contribution in [-0.2, 0) is 0 Å². The van der Waals surface area contributed by atoms with Gasteiger partial charge in [0.2, 0.25) is 0 Å². The molecule has 3 atom stereocenters. The van der Waals surface area contributed by atoms with Crippen molar-refractivity contribution in [2.24, 2.45) is 11.8 Å². The Hall–Kier alpha value is -6.59. The van der Waals surface area contributed by atoms with Crippen molar-refractivity contribution in [3.8, 4) is 79.2 Å². The summed E-state index contributed by atoms with van der Waals surface area (Å²) in [6.45, 7) is 0. The maximum absolute atomic E-state index is 5.13. The Bertz CT molecular complexity index is 2530. The zero-order valence-electron chi connectivity index (χ0n) is 30.5. The van der Waals surface area contributed by atoms with Crippen molar-refractivity contribution < 1.29 is 0 Å². The van der Waals surface area contributed by atoms with Crippen molar-refractivity contribution >= 4 is 0 Å². The quantitative estimate of drug-likeness (QED) is 0.157. The minimum Gasteiger partial charge on any atom is -0.228 e. The summed E-state index contributed by atoms with van der Waals surface area (Å²) in [5, 5.41) is 0. The van der Waals surface area contributed by atoms with Gasteiger partial charge in [-0.1, -0.05) is 164 Å². The van der Waals surface area contributed by atoms with Gasteiger partial charge in [0.25, 0.3) is 0 Å². The second-order valence-electron chi connectivity index (χ2n) is 14.9. The Kier molecular flexibility index (Phi) is 8.60. The molecule has 5 heteroatoms. The zero-order valence-corrected chi connectivity index (χ0v) is 30.5. The van der Waals surface area contributed by atoms with Gasteiger partial charge in [-0.3, -0.25) is 0 Å². The molecule has 0 aliphatic heterocycles. The van der Waals surface area contributed by atoms with Crippen molar-refractivity contribution in [1.29, 1.82) is 0 Å². The Labute approximate surface area is 321 Å². The molecule has 2 fully saturated rings. The summed E-state index contributed by atoms with van der Waals surface area (Å²) in [7, 11) is 0. The Morgan fingerprint density at radius 1 is 0.327 bits per heavy atom. The van der Waals surface area contributed by atoms with Crippen LogP contribution >= 0.6 is 0 Å². The molecular weight excluding hydrogens is 671 g/mol. The van der Waals surface area contributed by atoms with Crippen LogP contribution in [0.15, 0.2) is 170 Å². The maximum Gasteiger partial charge on any atom is 0.164 e. The van der Waals surface area contributed by atoms with Gasteiger partial charge < -0.3 is 0 Å². The molecule has 0 radical (unpaired) electrons. The molecule has 0 saturated heterocycles. The van der Waals surface area contributed by atoms with Gasteiger partial charge in [-0.25, -0.2) is 24.9 Å². The van der Waals surface area contributed by atoms with E-state index in [0.717, 1.165) is 73.6 Å². The lowest BCUT2D eigenvalue weighted by molar-refractivity contribution is 0.420. The molecule has 5 nitrogen and oxygen atoms in total. The molecule has 2 aliphatic rings. The third kappa shape index (κ3) is 6.74. The van der Waals surface area contributed by atoms with E-state index < -0.39 is 0 Å². The number of rotatable bonds is 8. The summed E-state index contributed by atoms with van der Waals surface area (Å²) in [6, 6.07) is 58.9. The van der Waals surface area contributed by atoms with E-state index >= 15 is 0 Å². The van der Waals surface area contributed by atoms with Crippen molar-refractivity contribution in [2.75, 3.05) is 0 Å². The molecule has 55 heavy (non-hydrogen) atoms. The molecule has 8 aromatic rings. The fourth-order valence-corrected chi connectivity index (χ4v) is 8.62. The minimum absolute atomic E-state index is 0.643. The van der Waals surface area contributed by atoms with Gasteiger partial charge in [0.05, 0.1) is 11.4 Å². The second kappa shape index (κ2) is 14.3. The number of benzene rings is 6. The van der Waals surface area contributed by atoms with Crippen LogP contribution in [0.5, 0.6) is 0 Å². The van der Waals surface area contributed by atoms with Crippen molar-refractivity contribution in [1.82, 2.24) is 24.9 Å². The van der Waals surface area contributed by atoms with E-state index in [9.17, 15) is 0 Å². The number of aromatic nitrogens is 5. The van der Waals surface area contributed by atoms with Crippen LogP contribution in [0.4, 0.5) is 0 Å². The average molecular weight is 710 g/mol. The predicted molar refractivity (Wildman–Crippen MR) is 222 cm³/mol. The van der Waals surface area contributed by atoms with E-state index in [1.807, 2.05) is 78.9 Å². The highest BCUT2D eigenvalue weighted by Gasteiger charge is 2.40. The van der Waals surface area contributed by atoms with Crippen LogP contribution in [0, 0.1) is 11.8 Å². The largest absolute Gasteiger partial charge is 0.228 e. The van der Waals surface area contributed by atoms with E-state index in [1.54, 1.807) is 0 Å². The van der Waals surface area contributed by atoms with Gasteiger partial charge in [-0.15, -0.1) is 0 Å². The van der Waals surface area contributed by atoms with Crippen LogP contribution < -0.4 is 0 Å². The fraction of sp³-hybridized carbons (Fsp3) is 0.140. The summed E-state index contributed by atoms with van der Waals surface area (Å²) in [5.41, 5.74) is 11.6. The normalized spacial score (nSPS) is 17.3. The Morgan fingerprint density at radius 2 is 0.764 bits per heavy atom. The molecule has 0 spiro atoms. The average Bonchev–Trinajstić information content (AvgIpc) is 3.92. The fourth-order valence-electron chi connectivity index (χ4n) is 8.62. The highest BCUT2D eigenvalue weighted by Crippen LogP contribution is 2.53. The Morgan fingerprint density at radius 3 is 1.25 bits per heavy atom. The van der Waals surface area contributed by atoms with Crippen molar-refractivity contribution in [2.45, 2.75) is 31.6 Å². The summed E-state index contributed by atoms with van der Waals surface area (Å²) in [4.78, 5) is 24.9. The molecule has 0 N–H and O–H groups in total. The summed E-state index contributed by atoms with van der Waals surface area (Å²) in [5.74, 6) is 5.10.